The van der Waals surface area contributed by atoms with Crippen molar-refractivity contribution < 1.29 is 19.4 Å². The van der Waals surface area contributed by atoms with E-state index in [1.807, 2.05) is 0 Å². The molecule has 22 heavy (non-hydrogen) atoms. The van der Waals surface area contributed by atoms with E-state index in [2.05, 4.69) is 15.3 Å². The van der Waals surface area contributed by atoms with Crippen LogP contribution in [0.1, 0.15) is 10.4 Å². The van der Waals surface area contributed by atoms with Gasteiger partial charge in [-0.3, -0.25) is 4.94 Å². The molecule has 7 heteroatoms. The van der Waals surface area contributed by atoms with Crippen LogP contribution in [0.25, 0.3) is 16.9 Å². The number of carbonyl (C=O) groups is 1. The SMILES string of the molecule is O=C(O)c1cccc(-n2cc(-c3ccc(OF)cc3)nn2)c1. The van der Waals surface area contributed by atoms with E-state index in [0.717, 1.165) is 5.56 Å². The number of rotatable bonds is 4. The Morgan fingerprint density at radius 1 is 1.18 bits per heavy atom. The first-order valence-electron chi connectivity index (χ1n) is 6.32. The van der Waals surface area contributed by atoms with Gasteiger partial charge in [0.25, 0.3) is 0 Å². The minimum absolute atomic E-state index is 0.102. The van der Waals surface area contributed by atoms with E-state index in [4.69, 9.17) is 5.11 Å². The topological polar surface area (TPSA) is 77.2 Å². The number of carboxylic acid groups (broad SMARTS) is 1. The summed E-state index contributed by atoms with van der Waals surface area (Å²) in [5, 5.41) is 17.0. The summed E-state index contributed by atoms with van der Waals surface area (Å²) in [4.78, 5) is 14.6. The van der Waals surface area contributed by atoms with Crippen molar-refractivity contribution in [1.82, 2.24) is 15.0 Å². The van der Waals surface area contributed by atoms with Crippen LogP contribution in [0.4, 0.5) is 4.53 Å². The summed E-state index contributed by atoms with van der Waals surface area (Å²) in [6.07, 6.45) is 1.66. The quantitative estimate of drug-likeness (QED) is 0.801. The van der Waals surface area contributed by atoms with Crippen LogP contribution in [-0.2, 0) is 0 Å². The molecular formula is C15H10FN3O3. The molecule has 0 aliphatic carbocycles. The smallest absolute Gasteiger partial charge is 0.335 e. The van der Waals surface area contributed by atoms with Crippen molar-refractivity contribution in [2.75, 3.05) is 0 Å². The highest BCUT2D eigenvalue weighted by Gasteiger charge is 2.08. The van der Waals surface area contributed by atoms with Gasteiger partial charge < -0.3 is 5.11 Å². The Labute approximate surface area is 124 Å². The third-order valence-electron chi connectivity index (χ3n) is 3.09. The summed E-state index contributed by atoms with van der Waals surface area (Å²) < 4.78 is 13.5. The van der Waals surface area contributed by atoms with Crippen molar-refractivity contribution in [2.24, 2.45) is 0 Å². The normalized spacial score (nSPS) is 10.4. The Bertz CT molecular complexity index is 815. The third-order valence-corrected chi connectivity index (χ3v) is 3.09. The van der Waals surface area contributed by atoms with Gasteiger partial charge in [-0.25, -0.2) is 9.48 Å². The van der Waals surface area contributed by atoms with Crippen molar-refractivity contribution in [3.63, 3.8) is 0 Å². The highest BCUT2D eigenvalue weighted by molar-refractivity contribution is 5.88. The fraction of sp³-hybridized carbons (Fsp3) is 0. The van der Waals surface area contributed by atoms with Gasteiger partial charge in [-0.2, -0.15) is 0 Å². The van der Waals surface area contributed by atoms with Gasteiger partial charge in [-0.15, -0.1) is 5.10 Å². The average molecular weight is 299 g/mol. The molecule has 1 N–H and O–H groups in total. The second-order valence-corrected chi connectivity index (χ2v) is 4.51. The van der Waals surface area contributed by atoms with Crippen molar-refractivity contribution in [2.45, 2.75) is 0 Å². The highest BCUT2D eigenvalue weighted by Crippen LogP contribution is 2.21. The number of hydrogen-bond acceptors (Lipinski definition) is 4. The van der Waals surface area contributed by atoms with Crippen molar-refractivity contribution >= 4 is 5.97 Å². The third kappa shape index (κ3) is 2.64. The van der Waals surface area contributed by atoms with Crippen molar-refractivity contribution in [1.29, 1.82) is 0 Å². The zero-order valence-corrected chi connectivity index (χ0v) is 11.2. The zero-order valence-electron chi connectivity index (χ0n) is 11.2. The molecule has 0 unspecified atom stereocenters. The minimum atomic E-state index is -1.01. The van der Waals surface area contributed by atoms with Gasteiger partial charge in [-0.1, -0.05) is 11.3 Å². The molecule has 0 fully saturated rings. The molecule has 0 spiro atoms. The van der Waals surface area contributed by atoms with Crippen LogP contribution in [-0.4, -0.2) is 26.1 Å². The number of nitrogens with zero attached hydrogens (tertiary/aromatic N) is 3. The molecule has 0 atom stereocenters. The molecule has 3 rings (SSSR count). The van der Waals surface area contributed by atoms with E-state index in [9.17, 15) is 9.32 Å². The first-order valence-corrected chi connectivity index (χ1v) is 6.32. The van der Waals surface area contributed by atoms with E-state index in [-0.39, 0.29) is 11.3 Å². The van der Waals surface area contributed by atoms with Crippen molar-refractivity contribution in [3.05, 3.63) is 60.3 Å². The Morgan fingerprint density at radius 2 is 1.95 bits per heavy atom. The molecule has 1 heterocycles. The van der Waals surface area contributed by atoms with E-state index in [0.29, 0.717) is 11.4 Å². The molecule has 2 aromatic carbocycles. The van der Waals surface area contributed by atoms with E-state index < -0.39 is 5.97 Å². The van der Waals surface area contributed by atoms with Crippen LogP contribution < -0.4 is 4.94 Å². The maximum atomic E-state index is 12.0. The summed E-state index contributed by atoms with van der Waals surface area (Å²) in [6, 6.07) is 12.6. The molecule has 0 aliphatic rings. The summed E-state index contributed by atoms with van der Waals surface area (Å²) >= 11 is 0. The summed E-state index contributed by atoms with van der Waals surface area (Å²) in [5.41, 5.74) is 2.06. The summed E-state index contributed by atoms with van der Waals surface area (Å²) in [5.74, 6) is -0.908. The molecule has 0 amide bonds. The van der Waals surface area contributed by atoms with Crippen LogP contribution in [0.3, 0.4) is 0 Å². The van der Waals surface area contributed by atoms with Gasteiger partial charge in [0.15, 0.2) is 5.75 Å². The summed E-state index contributed by atoms with van der Waals surface area (Å²) in [7, 11) is 0. The van der Waals surface area contributed by atoms with Gasteiger partial charge in [0.1, 0.15) is 5.69 Å². The maximum Gasteiger partial charge on any atom is 0.335 e. The first kappa shape index (κ1) is 13.7. The summed E-state index contributed by atoms with van der Waals surface area (Å²) in [6.45, 7) is 0. The number of carboxylic acids is 1. The van der Waals surface area contributed by atoms with Gasteiger partial charge >= 0.3 is 5.97 Å². The number of aromatic nitrogens is 3. The molecule has 110 valence electrons. The van der Waals surface area contributed by atoms with Gasteiger partial charge in [-0.05, 0) is 42.5 Å². The molecule has 3 aromatic rings. The number of hydrogen-bond donors (Lipinski definition) is 1. The predicted octanol–water partition coefficient (Wildman–Crippen LogP) is 2.90. The molecule has 0 aliphatic heterocycles. The van der Waals surface area contributed by atoms with E-state index in [1.165, 1.54) is 28.9 Å². The number of aromatic carboxylic acids is 1. The van der Waals surface area contributed by atoms with Gasteiger partial charge in [0.05, 0.1) is 17.4 Å². The average Bonchev–Trinajstić information content (AvgIpc) is 3.05. The molecule has 1 aromatic heterocycles. The lowest BCUT2D eigenvalue weighted by molar-refractivity contribution is -0.00618. The molecule has 0 saturated heterocycles. The van der Waals surface area contributed by atoms with Crippen LogP contribution in [0.2, 0.25) is 0 Å². The van der Waals surface area contributed by atoms with Crippen LogP contribution in [0.5, 0.6) is 5.75 Å². The number of halogens is 1. The zero-order chi connectivity index (χ0) is 15.5. The lowest BCUT2D eigenvalue weighted by Gasteiger charge is -2.01. The first-order chi connectivity index (χ1) is 10.7. The monoisotopic (exact) mass is 299 g/mol. The molecular weight excluding hydrogens is 289 g/mol. The molecule has 0 radical (unpaired) electrons. The van der Waals surface area contributed by atoms with Crippen LogP contribution in [0, 0.1) is 0 Å². The van der Waals surface area contributed by atoms with Crippen molar-refractivity contribution in [3.8, 4) is 22.7 Å². The maximum absolute atomic E-state index is 12.0. The highest BCUT2D eigenvalue weighted by atomic mass is 19.3. The Kier molecular flexibility index (Phi) is 3.53. The second kappa shape index (κ2) is 5.65. The molecule has 0 bridgehead atoms. The minimum Gasteiger partial charge on any atom is -0.478 e. The molecule has 0 saturated carbocycles. The largest absolute Gasteiger partial charge is 0.478 e. The molecule has 6 nitrogen and oxygen atoms in total. The lowest BCUT2D eigenvalue weighted by Crippen LogP contribution is -2.00. The van der Waals surface area contributed by atoms with Gasteiger partial charge in [0, 0.05) is 10.1 Å². The Balaban J connectivity index is 1.93. The Morgan fingerprint density at radius 3 is 2.64 bits per heavy atom. The standard InChI is InChI=1S/C15H10FN3O3/c16-22-13-6-4-10(5-7-13)14-9-19(18-17-14)12-3-1-2-11(8-12)15(20)21/h1-9H,(H,20,21). The predicted molar refractivity (Wildman–Crippen MR) is 75.5 cm³/mol. The van der Waals surface area contributed by atoms with E-state index in [1.54, 1.807) is 30.5 Å². The van der Waals surface area contributed by atoms with Crippen LogP contribution in [0.15, 0.2) is 54.7 Å². The lowest BCUT2D eigenvalue weighted by atomic mass is 10.1. The fourth-order valence-electron chi connectivity index (χ4n) is 1.98. The second-order valence-electron chi connectivity index (χ2n) is 4.51. The number of benzene rings is 2. The van der Waals surface area contributed by atoms with E-state index >= 15 is 0 Å². The van der Waals surface area contributed by atoms with Gasteiger partial charge in [0.2, 0.25) is 0 Å². The fourth-order valence-corrected chi connectivity index (χ4v) is 1.98. The Hall–Kier alpha value is -3.22. The van der Waals surface area contributed by atoms with Crippen LogP contribution >= 0.6 is 0 Å².